The van der Waals surface area contributed by atoms with Gasteiger partial charge in [0.15, 0.2) is 5.78 Å². The van der Waals surface area contributed by atoms with Crippen molar-refractivity contribution < 1.29 is 50.3 Å². The first-order chi connectivity index (χ1) is 27.6. The summed E-state index contributed by atoms with van der Waals surface area (Å²) in [5.41, 5.74) is 1.14. The van der Waals surface area contributed by atoms with Gasteiger partial charge < -0.3 is 14.7 Å². The summed E-state index contributed by atoms with van der Waals surface area (Å²) in [5, 5.41) is 0. The van der Waals surface area contributed by atoms with Crippen molar-refractivity contribution in [3.63, 3.8) is 0 Å². The fraction of sp³-hybridized carbons (Fsp3) is 0.395. The minimum Gasteiger partial charge on any atom is -0.469 e. The van der Waals surface area contributed by atoms with Crippen LogP contribution in [0.25, 0.3) is 22.2 Å². The van der Waals surface area contributed by atoms with Crippen molar-refractivity contribution in [2.75, 3.05) is 7.11 Å². The lowest BCUT2D eigenvalue weighted by molar-refractivity contribution is -0.143. The number of benzene rings is 1. The summed E-state index contributed by atoms with van der Waals surface area (Å²) in [4.78, 5) is 72.1. The molecule has 4 atom stereocenters. The van der Waals surface area contributed by atoms with E-state index in [0.29, 0.717) is 74.1 Å². The lowest BCUT2D eigenvalue weighted by Crippen LogP contribution is -2.40. The minimum atomic E-state index is -5.16. The van der Waals surface area contributed by atoms with Crippen molar-refractivity contribution in [1.82, 2.24) is 24.8 Å². The van der Waals surface area contributed by atoms with Gasteiger partial charge in [0, 0.05) is 64.0 Å². The Kier molecular flexibility index (Phi) is 10.4. The van der Waals surface area contributed by atoms with E-state index in [1.807, 2.05) is 26.8 Å². The topological polar surface area (TPSA) is 138 Å². The van der Waals surface area contributed by atoms with E-state index in [2.05, 4.69) is 9.97 Å². The number of nitrogens with one attached hydrogen (secondary N) is 2. The first-order valence-electron chi connectivity index (χ1n) is 19.1. The zero-order valence-corrected chi connectivity index (χ0v) is 33.3. The summed E-state index contributed by atoms with van der Waals surface area (Å²) in [7, 11) is 1.23. The van der Waals surface area contributed by atoms with Gasteiger partial charge in [-0.2, -0.15) is 26.3 Å². The molecular weight excluding hydrogens is 780 g/mol. The fourth-order valence-electron chi connectivity index (χ4n) is 8.76. The quantitative estimate of drug-likeness (QED) is 0.138. The monoisotopic (exact) mass is 821 g/mol. The van der Waals surface area contributed by atoms with Crippen molar-refractivity contribution in [3.05, 3.63) is 104 Å². The molecule has 2 amide bonds. The summed E-state index contributed by atoms with van der Waals surface area (Å²) >= 11 is 0. The maximum atomic E-state index is 14.9. The number of ether oxygens (including phenoxy) is 1. The number of H-pyrrole nitrogens is 2. The minimum absolute atomic E-state index is 0.00334. The van der Waals surface area contributed by atoms with Gasteiger partial charge in [0.2, 0.25) is 0 Å². The van der Waals surface area contributed by atoms with Gasteiger partial charge in [-0.1, -0.05) is 20.8 Å². The lowest BCUT2D eigenvalue weighted by atomic mass is 9.84. The number of carbonyl (C=O) groups excluding carboxylic acids is 4. The normalized spacial score (nSPS) is 20.0. The number of hydrogen-bond acceptors (Lipinski definition) is 7. The molecule has 4 aliphatic rings. The van der Waals surface area contributed by atoms with Gasteiger partial charge in [-0.25, -0.2) is 4.98 Å². The van der Waals surface area contributed by atoms with Crippen LogP contribution in [0.4, 0.5) is 26.3 Å². The van der Waals surface area contributed by atoms with Gasteiger partial charge in [0.05, 0.1) is 52.8 Å². The van der Waals surface area contributed by atoms with Crippen LogP contribution >= 0.6 is 0 Å². The van der Waals surface area contributed by atoms with Crippen LogP contribution in [-0.2, 0) is 33.2 Å². The molecule has 310 valence electrons. The number of nitrogens with zero attached hydrogens (tertiary/aromatic N) is 3. The number of ketones is 1. The molecule has 59 heavy (non-hydrogen) atoms. The van der Waals surface area contributed by atoms with Gasteiger partial charge in [0.25, 0.3) is 11.8 Å². The number of methoxy groups -OCH3 is 1. The molecule has 0 saturated heterocycles. The number of alkyl halides is 6. The molecule has 2 aromatic heterocycles. The molecular formula is C43H41F6N5O5. The third kappa shape index (κ3) is 7.20. The van der Waals surface area contributed by atoms with E-state index in [-0.39, 0.29) is 58.9 Å². The van der Waals surface area contributed by atoms with Crippen LogP contribution in [-0.4, -0.2) is 55.5 Å². The average molecular weight is 822 g/mol. The van der Waals surface area contributed by atoms with Crippen molar-refractivity contribution in [1.29, 1.82) is 0 Å². The zero-order chi connectivity index (χ0) is 43.0. The van der Waals surface area contributed by atoms with E-state index in [1.165, 1.54) is 14.0 Å². The number of Topliss-reactive ketones (excluding diaryl/α,β-unsaturated/α-hetero) is 1. The molecule has 2 N–H and O–H groups in total. The molecule has 0 radical (unpaired) electrons. The lowest BCUT2D eigenvalue weighted by Gasteiger charge is -2.28. The van der Waals surface area contributed by atoms with E-state index in [9.17, 15) is 45.5 Å². The molecule has 8 bridgehead atoms. The van der Waals surface area contributed by atoms with Crippen LogP contribution in [0.5, 0.6) is 0 Å². The first kappa shape index (κ1) is 41.4. The second-order valence-corrected chi connectivity index (χ2v) is 15.5. The van der Waals surface area contributed by atoms with E-state index in [4.69, 9.17) is 14.7 Å². The Morgan fingerprint density at radius 1 is 0.814 bits per heavy atom. The standard InChI is InChI=1S/C43H41F6N5O5/c1-8-26-18(2)28-16-33-35(22(6)55)20(4)30(51-33)14-29-19(3)27(9-10-34(56)59-7)38(52-29)37-39-36(21(5)31(53-39)15-32(26)50-28)40(57)54(41(37)58)17-23-11-24(42(44,45)46)13-25(12-23)43(47,48)49/h11-16,18-19,26-27,52-53H,8-10,17H2,1-7H3/t18?,19-,26?,27-/m0/s1. The number of fused-ring (bicyclic) bond motifs is 8. The molecule has 1 aromatic carbocycles. The van der Waals surface area contributed by atoms with Gasteiger partial charge in [-0.3, -0.25) is 29.1 Å². The number of carbonyl (C=O) groups is 4. The van der Waals surface area contributed by atoms with E-state index < -0.39 is 65.2 Å². The average Bonchev–Trinajstić information content (AvgIpc) is 3.84. The third-order valence-corrected chi connectivity index (χ3v) is 12.0. The second kappa shape index (κ2) is 14.8. The molecule has 4 aliphatic heterocycles. The molecule has 6 heterocycles. The molecule has 2 unspecified atom stereocenters. The Morgan fingerprint density at radius 3 is 2.05 bits per heavy atom. The fourth-order valence-corrected chi connectivity index (χ4v) is 8.76. The number of allylic oxidation sites excluding steroid dienone is 2. The number of imide groups is 1. The predicted octanol–water partition coefficient (Wildman–Crippen LogP) is 9.84. The summed E-state index contributed by atoms with van der Waals surface area (Å²) in [5.74, 6) is -3.90. The van der Waals surface area contributed by atoms with Crippen molar-refractivity contribution in [2.45, 2.75) is 103 Å². The molecule has 3 aromatic rings. The van der Waals surface area contributed by atoms with Crippen LogP contribution in [0.3, 0.4) is 0 Å². The molecule has 0 aliphatic carbocycles. The van der Waals surface area contributed by atoms with E-state index in [0.717, 1.165) is 0 Å². The highest BCUT2D eigenvalue weighted by Crippen LogP contribution is 2.46. The highest BCUT2D eigenvalue weighted by atomic mass is 19.4. The molecule has 7 rings (SSSR count). The highest BCUT2D eigenvalue weighted by Gasteiger charge is 2.42. The number of hydrogen-bond donors (Lipinski definition) is 2. The zero-order valence-electron chi connectivity index (χ0n) is 33.3. The molecule has 0 fully saturated rings. The number of esters is 1. The molecule has 0 saturated carbocycles. The predicted molar refractivity (Wildman–Crippen MR) is 205 cm³/mol. The number of amides is 2. The number of rotatable bonds is 7. The largest absolute Gasteiger partial charge is 0.469 e. The van der Waals surface area contributed by atoms with Crippen LogP contribution in [0, 0.1) is 6.92 Å². The van der Waals surface area contributed by atoms with Crippen molar-refractivity contribution in [2.24, 2.45) is 0 Å². The Morgan fingerprint density at radius 2 is 1.46 bits per heavy atom. The van der Waals surface area contributed by atoms with Crippen LogP contribution in [0.1, 0.15) is 155 Å². The molecule has 16 heteroatoms. The summed E-state index contributed by atoms with van der Waals surface area (Å²) in [6, 6.07) is 6.29. The second-order valence-electron chi connectivity index (χ2n) is 15.5. The van der Waals surface area contributed by atoms with Crippen LogP contribution in [0.2, 0.25) is 0 Å². The SMILES string of the molecule is CCC1c2cc3[nH]c4c(c5[nH]c(cc6nc(cc(n2)C1C)C(C(C)=O)=C6C)[C@@H](C)[C@@H]5CCC(=O)OC)C(=O)N(Cc1cc(C(F)(F)F)cc(C(F)(F)F)c1)C(=O)c4c3C. The van der Waals surface area contributed by atoms with Crippen LogP contribution < -0.4 is 0 Å². The smallest absolute Gasteiger partial charge is 0.416 e. The van der Waals surface area contributed by atoms with Gasteiger partial charge in [0.1, 0.15) is 0 Å². The Hall–Kier alpha value is -5.80. The van der Waals surface area contributed by atoms with Gasteiger partial charge in [-0.05, 0) is 86.7 Å². The number of aryl methyl sites for hydroxylation is 1. The van der Waals surface area contributed by atoms with Gasteiger partial charge >= 0.3 is 18.3 Å². The van der Waals surface area contributed by atoms with E-state index >= 15 is 0 Å². The van der Waals surface area contributed by atoms with Crippen molar-refractivity contribution in [3.8, 4) is 0 Å². The number of halogens is 6. The summed E-state index contributed by atoms with van der Waals surface area (Å²) in [6.45, 7) is 9.81. The third-order valence-electron chi connectivity index (χ3n) is 12.0. The van der Waals surface area contributed by atoms with Crippen molar-refractivity contribution >= 4 is 45.7 Å². The molecule has 10 nitrogen and oxygen atoms in total. The molecule has 0 spiro atoms. The van der Waals surface area contributed by atoms with Crippen LogP contribution in [0.15, 0.2) is 36.4 Å². The Balaban J connectivity index is 1.57. The number of aromatic amines is 2. The Labute approximate surface area is 334 Å². The maximum Gasteiger partial charge on any atom is 0.416 e. The Bertz CT molecular complexity index is 2530. The summed E-state index contributed by atoms with van der Waals surface area (Å²) < 4.78 is 88.6. The maximum absolute atomic E-state index is 14.9. The number of aromatic nitrogens is 4. The highest BCUT2D eigenvalue weighted by molar-refractivity contribution is 6.27. The van der Waals surface area contributed by atoms with E-state index in [1.54, 1.807) is 26.0 Å². The van der Waals surface area contributed by atoms with Gasteiger partial charge in [-0.15, -0.1) is 0 Å². The first-order valence-corrected chi connectivity index (χ1v) is 19.1. The summed E-state index contributed by atoms with van der Waals surface area (Å²) in [6.07, 6.45) is -9.60.